The lowest BCUT2D eigenvalue weighted by molar-refractivity contribution is 0.355. The Kier molecular flexibility index (Phi) is 4.97. The van der Waals surface area contributed by atoms with E-state index in [0.29, 0.717) is 17.4 Å². The Morgan fingerprint density at radius 1 is 1.00 bits per heavy atom. The SMILES string of the molecule is C.COc1ccc(-c2cc3nccn3c(Nc3ccc4cn[nH]c4c3)n2)cc1OC. The van der Waals surface area contributed by atoms with Crippen LogP contribution in [0.25, 0.3) is 27.8 Å². The molecule has 2 N–H and O–H groups in total. The van der Waals surface area contributed by atoms with E-state index in [9.17, 15) is 0 Å². The fraction of sp³-hybridized carbons (Fsp3) is 0.136. The number of hydrogen-bond acceptors (Lipinski definition) is 6. The van der Waals surface area contributed by atoms with Crippen molar-refractivity contribution in [2.45, 2.75) is 7.43 Å². The second-order valence-corrected chi connectivity index (χ2v) is 6.49. The monoisotopic (exact) mass is 402 g/mol. The van der Waals surface area contributed by atoms with E-state index in [2.05, 4.69) is 20.5 Å². The molecule has 0 unspecified atom stereocenters. The van der Waals surface area contributed by atoms with Crippen molar-refractivity contribution in [3.8, 4) is 22.8 Å². The van der Waals surface area contributed by atoms with Crippen molar-refractivity contribution in [1.82, 2.24) is 24.6 Å². The van der Waals surface area contributed by atoms with Gasteiger partial charge in [-0.25, -0.2) is 9.97 Å². The summed E-state index contributed by atoms with van der Waals surface area (Å²) >= 11 is 0. The van der Waals surface area contributed by atoms with Gasteiger partial charge < -0.3 is 14.8 Å². The summed E-state index contributed by atoms with van der Waals surface area (Å²) in [5, 5.41) is 11.5. The highest BCUT2D eigenvalue weighted by atomic mass is 16.5. The van der Waals surface area contributed by atoms with Crippen LogP contribution in [0.2, 0.25) is 0 Å². The van der Waals surface area contributed by atoms with Crippen molar-refractivity contribution >= 4 is 28.2 Å². The molecule has 0 aliphatic carbocycles. The first-order valence-corrected chi connectivity index (χ1v) is 9.02. The Hall–Kier alpha value is -4.07. The van der Waals surface area contributed by atoms with Gasteiger partial charge in [-0.3, -0.25) is 9.50 Å². The number of benzene rings is 2. The van der Waals surface area contributed by atoms with E-state index >= 15 is 0 Å². The second-order valence-electron chi connectivity index (χ2n) is 6.49. The Morgan fingerprint density at radius 2 is 1.87 bits per heavy atom. The number of aromatic nitrogens is 5. The van der Waals surface area contributed by atoms with Crippen LogP contribution in [-0.4, -0.2) is 38.8 Å². The molecule has 0 saturated carbocycles. The number of methoxy groups -OCH3 is 2. The van der Waals surface area contributed by atoms with Crippen LogP contribution in [0.15, 0.2) is 61.1 Å². The van der Waals surface area contributed by atoms with Gasteiger partial charge in [-0.15, -0.1) is 0 Å². The van der Waals surface area contributed by atoms with E-state index in [1.165, 1.54) is 0 Å². The van der Waals surface area contributed by atoms with Gasteiger partial charge in [0.05, 0.1) is 31.6 Å². The molecule has 0 radical (unpaired) electrons. The number of H-pyrrole nitrogens is 1. The molecule has 0 saturated heterocycles. The zero-order valence-corrected chi connectivity index (χ0v) is 15.9. The summed E-state index contributed by atoms with van der Waals surface area (Å²) in [5.74, 6) is 1.97. The van der Waals surface area contributed by atoms with E-state index in [4.69, 9.17) is 14.5 Å². The fourth-order valence-electron chi connectivity index (χ4n) is 3.30. The highest BCUT2D eigenvalue weighted by molar-refractivity contribution is 5.82. The lowest BCUT2D eigenvalue weighted by atomic mass is 10.1. The molecule has 0 amide bonds. The Morgan fingerprint density at radius 3 is 2.70 bits per heavy atom. The molecule has 5 aromatic rings. The quantitative estimate of drug-likeness (QED) is 0.444. The zero-order valence-electron chi connectivity index (χ0n) is 15.9. The van der Waals surface area contributed by atoms with Gasteiger partial charge in [-0.1, -0.05) is 7.43 Å². The van der Waals surface area contributed by atoms with Crippen molar-refractivity contribution in [2.24, 2.45) is 0 Å². The minimum atomic E-state index is 0. The summed E-state index contributed by atoms with van der Waals surface area (Å²) in [6.45, 7) is 0. The maximum Gasteiger partial charge on any atom is 0.213 e. The van der Waals surface area contributed by atoms with E-state index in [1.807, 2.05) is 53.1 Å². The van der Waals surface area contributed by atoms with E-state index in [1.54, 1.807) is 26.6 Å². The summed E-state index contributed by atoms with van der Waals surface area (Å²) in [7, 11) is 3.23. The van der Waals surface area contributed by atoms with Crippen molar-refractivity contribution in [3.63, 3.8) is 0 Å². The molecule has 3 aromatic heterocycles. The first-order valence-electron chi connectivity index (χ1n) is 9.02. The predicted octanol–water partition coefficient (Wildman–Crippen LogP) is 4.67. The van der Waals surface area contributed by atoms with Gasteiger partial charge in [0.2, 0.25) is 5.95 Å². The first kappa shape index (κ1) is 19.3. The maximum absolute atomic E-state index is 5.43. The molecule has 0 bridgehead atoms. The fourth-order valence-corrected chi connectivity index (χ4v) is 3.30. The van der Waals surface area contributed by atoms with Crippen molar-refractivity contribution in [3.05, 3.63) is 61.1 Å². The molecule has 8 heteroatoms. The number of imidazole rings is 1. The second kappa shape index (κ2) is 7.75. The normalized spacial score (nSPS) is 10.7. The number of nitrogens with one attached hydrogen (secondary N) is 2. The van der Waals surface area contributed by atoms with Crippen LogP contribution in [-0.2, 0) is 0 Å². The minimum Gasteiger partial charge on any atom is -0.493 e. The van der Waals surface area contributed by atoms with Crippen molar-refractivity contribution in [2.75, 3.05) is 19.5 Å². The molecule has 5 rings (SSSR count). The highest BCUT2D eigenvalue weighted by Gasteiger charge is 2.12. The van der Waals surface area contributed by atoms with E-state index < -0.39 is 0 Å². The van der Waals surface area contributed by atoms with Crippen LogP contribution in [0.3, 0.4) is 0 Å². The summed E-state index contributed by atoms with van der Waals surface area (Å²) in [5.41, 5.74) is 4.31. The lowest BCUT2D eigenvalue weighted by Gasteiger charge is -2.12. The third-order valence-corrected chi connectivity index (χ3v) is 4.77. The average Bonchev–Trinajstić information content (AvgIpc) is 3.42. The average molecular weight is 402 g/mol. The molecule has 2 aromatic carbocycles. The topological polar surface area (TPSA) is 89.4 Å². The smallest absolute Gasteiger partial charge is 0.213 e. The van der Waals surface area contributed by atoms with Crippen LogP contribution < -0.4 is 14.8 Å². The van der Waals surface area contributed by atoms with Crippen LogP contribution in [0.1, 0.15) is 7.43 Å². The molecule has 152 valence electrons. The number of hydrogen-bond donors (Lipinski definition) is 2. The maximum atomic E-state index is 5.43. The third kappa shape index (κ3) is 3.28. The van der Waals surface area contributed by atoms with Gasteiger partial charge in [-0.2, -0.15) is 5.10 Å². The molecule has 0 spiro atoms. The Balaban J connectivity index is 0.00000218. The van der Waals surface area contributed by atoms with Crippen LogP contribution in [0.4, 0.5) is 11.6 Å². The minimum absolute atomic E-state index is 0. The number of fused-ring (bicyclic) bond motifs is 2. The number of rotatable bonds is 5. The molecule has 30 heavy (non-hydrogen) atoms. The van der Waals surface area contributed by atoms with Crippen molar-refractivity contribution in [1.29, 1.82) is 0 Å². The zero-order chi connectivity index (χ0) is 19.8. The number of ether oxygens (including phenoxy) is 2. The predicted molar refractivity (Wildman–Crippen MR) is 118 cm³/mol. The lowest BCUT2D eigenvalue weighted by Crippen LogP contribution is -2.02. The van der Waals surface area contributed by atoms with E-state index in [-0.39, 0.29) is 7.43 Å². The molecule has 0 fully saturated rings. The van der Waals surface area contributed by atoms with Crippen LogP contribution in [0.5, 0.6) is 11.5 Å². The largest absolute Gasteiger partial charge is 0.493 e. The Bertz CT molecular complexity index is 1320. The van der Waals surface area contributed by atoms with Gasteiger partial charge in [0.1, 0.15) is 5.65 Å². The summed E-state index contributed by atoms with van der Waals surface area (Å²) < 4.78 is 12.7. The first-order chi connectivity index (χ1) is 14.2. The summed E-state index contributed by atoms with van der Waals surface area (Å²) in [4.78, 5) is 9.26. The van der Waals surface area contributed by atoms with Crippen LogP contribution in [0, 0.1) is 0 Å². The molecule has 0 aliphatic rings. The molecule has 8 nitrogen and oxygen atoms in total. The molecule has 0 atom stereocenters. The van der Waals surface area contributed by atoms with Gasteiger partial charge in [0, 0.05) is 35.1 Å². The van der Waals surface area contributed by atoms with Gasteiger partial charge >= 0.3 is 0 Å². The molecular weight excluding hydrogens is 380 g/mol. The number of aromatic amines is 1. The summed E-state index contributed by atoms with van der Waals surface area (Å²) in [6, 6.07) is 13.6. The number of anilines is 2. The van der Waals surface area contributed by atoms with Crippen molar-refractivity contribution < 1.29 is 9.47 Å². The highest BCUT2D eigenvalue weighted by Crippen LogP contribution is 2.32. The summed E-state index contributed by atoms with van der Waals surface area (Å²) in [6.07, 6.45) is 5.42. The van der Waals surface area contributed by atoms with E-state index in [0.717, 1.165) is 33.5 Å². The van der Waals surface area contributed by atoms with Gasteiger partial charge in [0.25, 0.3) is 0 Å². The van der Waals surface area contributed by atoms with Crippen LogP contribution >= 0.6 is 0 Å². The molecular formula is C22H22N6O2. The third-order valence-electron chi connectivity index (χ3n) is 4.77. The van der Waals surface area contributed by atoms with Gasteiger partial charge in [-0.05, 0) is 36.4 Å². The van der Waals surface area contributed by atoms with Gasteiger partial charge in [0.15, 0.2) is 11.5 Å². The Labute approximate surface area is 173 Å². The standard InChI is InChI=1S/C21H18N6O2.CH4/c1-28-18-6-4-13(9-19(18)29-2)16-11-20-22-7-8-27(20)21(25-16)24-15-5-3-14-12-23-26-17(14)10-15;/h3-12H,1-2H3,(H,23,26)(H,24,25);1H4. The molecule has 3 heterocycles. The molecule has 0 aliphatic heterocycles. The number of nitrogens with zero attached hydrogens (tertiary/aromatic N) is 4.